The number of benzene rings is 6. The SMILES string of the molecule is c1ccc(-c2ccc(-c3ccc(Nc4ccc5c(c4)oc4ccccc45)cc3)c3ccccc23)cc1. The van der Waals surface area contributed by atoms with Crippen LogP contribution in [0.3, 0.4) is 0 Å². The van der Waals surface area contributed by atoms with Gasteiger partial charge in [-0.3, -0.25) is 0 Å². The van der Waals surface area contributed by atoms with Gasteiger partial charge in [0.1, 0.15) is 11.2 Å². The molecular weight excluding hydrogens is 438 g/mol. The lowest BCUT2D eigenvalue weighted by atomic mass is 9.92. The highest BCUT2D eigenvalue weighted by molar-refractivity contribution is 6.06. The molecule has 1 heterocycles. The minimum absolute atomic E-state index is 0.891. The fraction of sp³-hybridized carbons (Fsp3) is 0. The number of nitrogens with one attached hydrogen (secondary N) is 1. The Balaban J connectivity index is 1.21. The van der Waals surface area contributed by atoms with Crippen LogP contribution in [-0.2, 0) is 0 Å². The smallest absolute Gasteiger partial charge is 0.137 e. The molecule has 170 valence electrons. The van der Waals surface area contributed by atoms with Gasteiger partial charge in [0.25, 0.3) is 0 Å². The van der Waals surface area contributed by atoms with E-state index in [0.717, 1.165) is 33.3 Å². The van der Waals surface area contributed by atoms with E-state index in [-0.39, 0.29) is 0 Å². The van der Waals surface area contributed by atoms with Crippen LogP contribution in [-0.4, -0.2) is 0 Å². The quantitative estimate of drug-likeness (QED) is 0.282. The summed E-state index contributed by atoms with van der Waals surface area (Å²) in [6.07, 6.45) is 0. The second-order valence-electron chi connectivity index (χ2n) is 9.08. The summed E-state index contributed by atoms with van der Waals surface area (Å²) in [4.78, 5) is 0. The Morgan fingerprint density at radius 3 is 1.67 bits per heavy atom. The molecule has 2 nitrogen and oxygen atoms in total. The molecule has 0 radical (unpaired) electrons. The zero-order chi connectivity index (χ0) is 23.9. The molecule has 1 N–H and O–H groups in total. The summed E-state index contributed by atoms with van der Waals surface area (Å²) in [7, 11) is 0. The molecule has 2 heteroatoms. The molecule has 7 rings (SSSR count). The Bertz CT molecular complexity index is 1850. The van der Waals surface area contributed by atoms with Gasteiger partial charge in [0.2, 0.25) is 0 Å². The van der Waals surface area contributed by atoms with Gasteiger partial charge in [-0.05, 0) is 63.4 Å². The minimum Gasteiger partial charge on any atom is -0.456 e. The van der Waals surface area contributed by atoms with E-state index < -0.39 is 0 Å². The number of anilines is 2. The topological polar surface area (TPSA) is 25.2 Å². The minimum atomic E-state index is 0.891. The lowest BCUT2D eigenvalue weighted by molar-refractivity contribution is 0.669. The summed E-state index contributed by atoms with van der Waals surface area (Å²) in [5.41, 5.74) is 8.79. The van der Waals surface area contributed by atoms with Crippen LogP contribution < -0.4 is 5.32 Å². The van der Waals surface area contributed by atoms with Crippen LogP contribution in [0, 0.1) is 0 Å². The van der Waals surface area contributed by atoms with Gasteiger partial charge in [-0.15, -0.1) is 0 Å². The second-order valence-corrected chi connectivity index (χ2v) is 9.08. The molecule has 0 saturated heterocycles. The summed E-state index contributed by atoms with van der Waals surface area (Å²) in [5.74, 6) is 0. The zero-order valence-electron chi connectivity index (χ0n) is 19.6. The monoisotopic (exact) mass is 461 g/mol. The lowest BCUT2D eigenvalue weighted by Crippen LogP contribution is -1.90. The number of fused-ring (bicyclic) bond motifs is 4. The van der Waals surface area contributed by atoms with Crippen LogP contribution in [0.4, 0.5) is 11.4 Å². The van der Waals surface area contributed by atoms with Crippen LogP contribution in [0.5, 0.6) is 0 Å². The number of para-hydroxylation sites is 1. The van der Waals surface area contributed by atoms with E-state index in [1.165, 1.54) is 33.0 Å². The lowest BCUT2D eigenvalue weighted by Gasteiger charge is -2.13. The van der Waals surface area contributed by atoms with Gasteiger partial charge in [-0.2, -0.15) is 0 Å². The van der Waals surface area contributed by atoms with Crippen molar-refractivity contribution < 1.29 is 4.42 Å². The van der Waals surface area contributed by atoms with E-state index in [2.05, 4.69) is 121 Å². The zero-order valence-corrected chi connectivity index (χ0v) is 19.6. The molecule has 0 atom stereocenters. The standard InChI is InChI=1S/C34H23NO/c1-2-8-23(9-3-1)27-20-21-28(30-11-5-4-10-29(27)30)24-14-16-25(17-15-24)35-26-18-19-32-31-12-6-7-13-33(31)36-34(32)22-26/h1-22,35H. The first kappa shape index (κ1) is 20.5. The summed E-state index contributed by atoms with van der Waals surface area (Å²) < 4.78 is 6.05. The van der Waals surface area contributed by atoms with E-state index >= 15 is 0 Å². The first-order valence-electron chi connectivity index (χ1n) is 12.2. The van der Waals surface area contributed by atoms with Gasteiger partial charge in [-0.25, -0.2) is 0 Å². The van der Waals surface area contributed by atoms with E-state index in [1.54, 1.807) is 0 Å². The largest absolute Gasteiger partial charge is 0.456 e. The predicted octanol–water partition coefficient (Wildman–Crippen LogP) is 9.82. The average Bonchev–Trinajstić information content (AvgIpc) is 3.31. The third kappa shape index (κ3) is 3.52. The number of rotatable bonds is 4. The highest BCUT2D eigenvalue weighted by Crippen LogP contribution is 2.36. The number of hydrogen-bond donors (Lipinski definition) is 1. The van der Waals surface area contributed by atoms with E-state index in [9.17, 15) is 0 Å². The van der Waals surface area contributed by atoms with Crippen molar-refractivity contribution in [2.75, 3.05) is 5.32 Å². The molecule has 0 aliphatic carbocycles. The maximum Gasteiger partial charge on any atom is 0.137 e. The molecule has 6 aromatic carbocycles. The van der Waals surface area contributed by atoms with Crippen LogP contribution in [0.2, 0.25) is 0 Å². The summed E-state index contributed by atoms with van der Waals surface area (Å²) in [6, 6.07) is 46.8. The number of furan rings is 1. The van der Waals surface area contributed by atoms with Crippen molar-refractivity contribution in [3.63, 3.8) is 0 Å². The Labute approximate surface area is 209 Å². The molecule has 0 fully saturated rings. The van der Waals surface area contributed by atoms with Gasteiger partial charge >= 0.3 is 0 Å². The molecule has 0 aliphatic heterocycles. The molecule has 0 amide bonds. The van der Waals surface area contributed by atoms with E-state index in [1.807, 2.05) is 18.2 Å². The maximum absolute atomic E-state index is 6.05. The van der Waals surface area contributed by atoms with Gasteiger partial charge in [0.15, 0.2) is 0 Å². The second kappa shape index (κ2) is 8.44. The van der Waals surface area contributed by atoms with Crippen molar-refractivity contribution >= 4 is 44.1 Å². The third-order valence-electron chi connectivity index (χ3n) is 6.87. The maximum atomic E-state index is 6.05. The van der Waals surface area contributed by atoms with Gasteiger partial charge in [-0.1, -0.05) is 97.1 Å². The van der Waals surface area contributed by atoms with Crippen molar-refractivity contribution in [3.8, 4) is 22.3 Å². The van der Waals surface area contributed by atoms with Gasteiger partial charge in [0, 0.05) is 28.2 Å². The highest BCUT2D eigenvalue weighted by atomic mass is 16.3. The highest BCUT2D eigenvalue weighted by Gasteiger charge is 2.10. The van der Waals surface area contributed by atoms with E-state index in [0.29, 0.717) is 0 Å². The molecule has 7 aromatic rings. The average molecular weight is 462 g/mol. The van der Waals surface area contributed by atoms with Gasteiger partial charge < -0.3 is 9.73 Å². The van der Waals surface area contributed by atoms with Crippen molar-refractivity contribution in [2.24, 2.45) is 0 Å². The van der Waals surface area contributed by atoms with Crippen molar-refractivity contribution in [3.05, 3.63) is 133 Å². The van der Waals surface area contributed by atoms with Crippen LogP contribution >= 0.6 is 0 Å². The van der Waals surface area contributed by atoms with Crippen molar-refractivity contribution in [1.29, 1.82) is 0 Å². The predicted molar refractivity (Wildman–Crippen MR) is 152 cm³/mol. The first-order valence-corrected chi connectivity index (χ1v) is 12.2. The Morgan fingerprint density at radius 1 is 0.389 bits per heavy atom. The van der Waals surface area contributed by atoms with Crippen molar-refractivity contribution in [1.82, 2.24) is 0 Å². The molecule has 0 aliphatic rings. The van der Waals surface area contributed by atoms with E-state index in [4.69, 9.17) is 4.42 Å². The molecule has 0 bridgehead atoms. The van der Waals surface area contributed by atoms with Crippen LogP contribution in [0.1, 0.15) is 0 Å². The molecule has 1 aromatic heterocycles. The third-order valence-corrected chi connectivity index (χ3v) is 6.87. The number of hydrogen-bond acceptors (Lipinski definition) is 2. The normalized spacial score (nSPS) is 11.3. The fourth-order valence-electron chi connectivity index (χ4n) is 5.12. The summed E-state index contributed by atoms with van der Waals surface area (Å²) in [6.45, 7) is 0. The van der Waals surface area contributed by atoms with Crippen molar-refractivity contribution in [2.45, 2.75) is 0 Å². The molecule has 36 heavy (non-hydrogen) atoms. The Morgan fingerprint density at radius 2 is 0.944 bits per heavy atom. The Kier molecular flexibility index (Phi) is 4.82. The summed E-state index contributed by atoms with van der Waals surface area (Å²) >= 11 is 0. The van der Waals surface area contributed by atoms with Crippen LogP contribution in [0.25, 0.3) is 55.0 Å². The summed E-state index contributed by atoms with van der Waals surface area (Å²) in [5, 5.41) is 8.34. The fourth-order valence-corrected chi connectivity index (χ4v) is 5.12. The molecule has 0 unspecified atom stereocenters. The molecule has 0 spiro atoms. The molecule has 0 saturated carbocycles. The molecular formula is C34H23NO. The van der Waals surface area contributed by atoms with Crippen LogP contribution in [0.15, 0.2) is 138 Å². The first-order chi connectivity index (χ1) is 17.8. The Hall–Kier alpha value is -4.82. The van der Waals surface area contributed by atoms with Gasteiger partial charge in [0.05, 0.1) is 0 Å².